The number of nitrogens with one attached hydrogen (secondary N) is 1. The second kappa shape index (κ2) is 8.89. The molecule has 0 spiro atoms. The SMILES string of the molecule is Cc1c(-c2cc(OCC3(c4ccc(F)cn4)CCCO3)c3c(Cl)cnn3c2)nn2c1CCNCC2. The molecule has 0 bridgehead atoms. The number of hydrogen-bond acceptors (Lipinski definition) is 6. The van der Waals surface area contributed by atoms with Crippen molar-refractivity contribution in [2.24, 2.45) is 0 Å². The van der Waals surface area contributed by atoms with E-state index in [1.807, 2.05) is 12.3 Å². The van der Waals surface area contributed by atoms with E-state index in [-0.39, 0.29) is 12.4 Å². The van der Waals surface area contributed by atoms with E-state index in [2.05, 4.69) is 27.0 Å². The highest BCUT2D eigenvalue weighted by molar-refractivity contribution is 6.34. The normalized spacial score (nSPS) is 20.2. The van der Waals surface area contributed by atoms with Crippen molar-refractivity contribution >= 4 is 17.1 Å². The van der Waals surface area contributed by atoms with Crippen molar-refractivity contribution in [1.82, 2.24) is 29.7 Å². The van der Waals surface area contributed by atoms with Crippen molar-refractivity contribution in [3.8, 4) is 17.0 Å². The summed E-state index contributed by atoms with van der Waals surface area (Å²) in [4.78, 5) is 4.29. The van der Waals surface area contributed by atoms with Crippen LogP contribution in [0.5, 0.6) is 5.75 Å². The van der Waals surface area contributed by atoms with Crippen LogP contribution in [0.25, 0.3) is 16.8 Å². The Hall–Kier alpha value is -3.01. The maximum atomic E-state index is 13.5. The zero-order valence-corrected chi connectivity index (χ0v) is 20.2. The molecule has 10 heteroatoms. The molecule has 182 valence electrons. The minimum Gasteiger partial charge on any atom is -0.488 e. The van der Waals surface area contributed by atoms with Crippen LogP contribution in [-0.4, -0.2) is 50.7 Å². The van der Waals surface area contributed by atoms with Crippen LogP contribution in [0.1, 0.15) is 29.8 Å². The predicted octanol–water partition coefficient (Wildman–Crippen LogP) is 3.92. The van der Waals surface area contributed by atoms with Crippen LogP contribution in [0.15, 0.2) is 36.8 Å². The Morgan fingerprint density at radius 2 is 2.20 bits per heavy atom. The molecule has 0 aromatic carbocycles. The first-order chi connectivity index (χ1) is 17.0. The highest BCUT2D eigenvalue weighted by atomic mass is 35.5. The number of rotatable bonds is 5. The van der Waals surface area contributed by atoms with Crippen molar-refractivity contribution in [3.63, 3.8) is 0 Å². The number of hydrogen-bond donors (Lipinski definition) is 1. The average molecular weight is 497 g/mol. The second-order valence-corrected chi connectivity index (χ2v) is 9.53. The highest BCUT2D eigenvalue weighted by Gasteiger charge is 2.40. The van der Waals surface area contributed by atoms with Crippen molar-refractivity contribution in [3.05, 3.63) is 64.6 Å². The summed E-state index contributed by atoms with van der Waals surface area (Å²) in [5.41, 5.74) is 4.80. The molecule has 4 aromatic rings. The topological polar surface area (TPSA) is 78.5 Å². The summed E-state index contributed by atoms with van der Waals surface area (Å²) in [6.07, 6.45) is 7.30. The fraction of sp³-hybridized carbons (Fsp3) is 0.400. The van der Waals surface area contributed by atoms with E-state index in [1.54, 1.807) is 16.8 Å². The van der Waals surface area contributed by atoms with Crippen LogP contribution in [0.4, 0.5) is 4.39 Å². The smallest absolute Gasteiger partial charge is 0.147 e. The molecule has 1 unspecified atom stereocenters. The van der Waals surface area contributed by atoms with Crippen molar-refractivity contribution in [1.29, 1.82) is 0 Å². The molecule has 0 saturated carbocycles. The summed E-state index contributed by atoms with van der Waals surface area (Å²) in [5, 5.41) is 13.3. The number of ether oxygens (including phenoxy) is 2. The quantitative estimate of drug-likeness (QED) is 0.451. The van der Waals surface area contributed by atoms with Crippen LogP contribution in [-0.2, 0) is 23.3 Å². The molecule has 6 rings (SSSR count). The molecule has 35 heavy (non-hydrogen) atoms. The maximum absolute atomic E-state index is 13.5. The lowest BCUT2D eigenvalue weighted by atomic mass is 9.96. The Labute approximate surface area is 207 Å². The monoisotopic (exact) mass is 496 g/mol. The zero-order valence-electron chi connectivity index (χ0n) is 19.4. The summed E-state index contributed by atoms with van der Waals surface area (Å²) in [6.45, 7) is 5.60. The molecule has 1 N–H and O–H groups in total. The first-order valence-electron chi connectivity index (χ1n) is 11.9. The van der Waals surface area contributed by atoms with Gasteiger partial charge >= 0.3 is 0 Å². The third-order valence-electron chi connectivity index (χ3n) is 6.92. The largest absolute Gasteiger partial charge is 0.488 e. The highest BCUT2D eigenvalue weighted by Crippen LogP contribution is 2.38. The van der Waals surface area contributed by atoms with Crippen molar-refractivity contribution in [2.75, 3.05) is 26.3 Å². The lowest BCUT2D eigenvalue weighted by molar-refractivity contribution is -0.0382. The summed E-state index contributed by atoms with van der Waals surface area (Å²) in [7, 11) is 0. The molecule has 8 nitrogen and oxygen atoms in total. The standard InChI is InChI=1S/C25H26ClFN6O2/c1-16-20-5-7-28-8-9-32(20)31-23(16)17-11-21(24-19(26)13-30-33(24)14-17)34-15-25(6-2-10-35-25)22-4-3-18(27)12-29-22/h3-4,11-14,28H,2,5-10,15H2,1H3. The molecular weight excluding hydrogens is 471 g/mol. The van der Waals surface area contributed by atoms with E-state index in [0.29, 0.717) is 28.6 Å². The average Bonchev–Trinajstić information content (AvgIpc) is 3.52. The Morgan fingerprint density at radius 3 is 3.00 bits per heavy atom. The van der Waals surface area contributed by atoms with Crippen LogP contribution in [0.2, 0.25) is 5.02 Å². The molecule has 6 heterocycles. The fourth-order valence-corrected chi connectivity index (χ4v) is 5.32. The van der Waals surface area contributed by atoms with Gasteiger partial charge in [0.25, 0.3) is 0 Å². The van der Waals surface area contributed by atoms with Crippen LogP contribution < -0.4 is 10.1 Å². The minimum absolute atomic E-state index is 0.219. The van der Waals surface area contributed by atoms with Crippen molar-refractivity contribution in [2.45, 2.75) is 38.3 Å². The van der Waals surface area contributed by atoms with E-state index in [9.17, 15) is 4.39 Å². The fourth-order valence-electron chi connectivity index (χ4n) is 5.09. The van der Waals surface area contributed by atoms with E-state index in [4.69, 9.17) is 26.2 Å². The summed E-state index contributed by atoms with van der Waals surface area (Å²) < 4.78 is 29.9. The van der Waals surface area contributed by atoms with Gasteiger partial charge < -0.3 is 14.8 Å². The Bertz CT molecular complexity index is 1380. The lowest BCUT2D eigenvalue weighted by Crippen LogP contribution is -2.33. The number of fused-ring (bicyclic) bond motifs is 2. The Morgan fingerprint density at radius 1 is 1.29 bits per heavy atom. The van der Waals surface area contributed by atoms with Crippen LogP contribution in [0.3, 0.4) is 0 Å². The molecule has 0 amide bonds. The van der Waals surface area contributed by atoms with Gasteiger partial charge in [0.1, 0.15) is 29.3 Å². The molecule has 2 aliphatic heterocycles. The van der Waals surface area contributed by atoms with Gasteiger partial charge in [-0.3, -0.25) is 9.67 Å². The molecule has 1 fully saturated rings. The predicted molar refractivity (Wildman–Crippen MR) is 129 cm³/mol. The van der Waals surface area contributed by atoms with Gasteiger partial charge in [-0.25, -0.2) is 8.91 Å². The molecule has 0 aliphatic carbocycles. The van der Waals surface area contributed by atoms with E-state index >= 15 is 0 Å². The van der Waals surface area contributed by atoms with Crippen LogP contribution in [0, 0.1) is 12.7 Å². The third-order valence-corrected chi connectivity index (χ3v) is 7.20. The second-order valence-electron chi connectivity index (χ2n) is 9.12. The van der Waals surface area contributed by atoms with Gasteiger partial charge in [0.2, 0.25) is 0 Å². The van der Waals surface area contributed by atoms with E-state index in [1.165, 1.54) is 18.0 Å². The summed E-state index contributed by atoms with van der Waals surface area (Å²) in [5.74, 6) is 0.208. The number of pyridine rings is 2. The number of aromatic nitrogens is 5. The van der Waals surface area contributed by atoms with Gasteiger partial charge in [-0.15, -0.1) is 0 Å². The lowest BCUT2D eigenvalue weighted by Gasteiger charge is -2.28. The van der Waals surface area contributed by atoms with E-state index in [0.717, 1.165) is 55.7 Å². The summed E-state index contributed by atoms with van der Waals surface area (Å²) in [6, 6.07) is 5.04. The summed E-state index contributed by atoms with van der Waals surface area (Å²) >= 11 is 6.50. The third kappa shape index (κ3) is 3.97. The maximum Gasteiger partial charge on any atom is 0.147 e. The Balaban J connectivity index is 1.38. The first kappa shape index (κ1) is 22.5. The minimum atomic E-state index is -0.748. The van der Waals surface area contributed by atoms with Gasteiger partial charge in [-0.2, -0.15) is 10.2 Å². The van der Waals surface area contributed by atoms with E-state index < -0.39 is 5.60 Å². The van der Waals surface area contributed by atoms with Crippen molar-refractivity contribution < 1.29 is 13.9 Å². The zero-order chi connectivity index (χ0) is 24.0. The van der Waals surface area contributed by atoms with Gasteiger partial charge in [0.05, 0.1) is 35.3 Å². The molecule has 1 saturated heterocycles. The Kier molecular flexibility index (Phi) is 5.70. The molecule has 1 atom stereocenters. The van der Waals surface area contributed by atoms with Gasteiger partial charge in [0, 0.05) is 43.6 Å². The molecule has 0 radical (unpaired) electrons. The molecular formula is C25H26ClFN6O2. The van der Waals surface area contributed by atoms with Gasteiger partial charge in [-0.05, 0) is 43.5 Å². The molecule has 4 aromatic heterocycles. The van der Waals surface area contributed by atoms with Gasteiger partial charge in [0.15, 0.2) is 0 Å². The molecule has 2 aliphatic rings. The first-order valence-corrected chi connectivity index (χ1v) is 12.2. The van der Waals surface area contributed by atoms with Gasteiger partial charge in [-0.1, -0.05) is 11.6 Å². The number of nitrogens with zero attached hydrogens (tertiary/aromatic N) is 5. The number of halogens is 2. The van der Waals surface area contributed by atoms with Crippen LogP contribution >= 0.6 is 11.6 Å².